The lowest BCUT2D eigenvalue weighted by atomic mass is 9.91. The minimum Gasteiger partial charge on any atom is -0.338 e. The number of H-pyrrole nitrogens is 1. The first-order chi connectivity index (χ1) is 15.7. The van der Waals surface area contributed by atoms with E-state index in [0.29, 0.717) is 16.5 Å². The van der Waals surface area contributed by atoms with Crippen molar-refractivity contribution in [2.75, 3.05) is 5.32 Å². The van der Waals surface area contributed by atoms with Gasteiger partial charge in [-0.1, -0.05) is 35.9 Å². The predicted molar refractivity (Wildman–Crippen MR) is 122 cm³/mol. The third-order valence-corrected chi connectivity index (χ3v) is 6.28. The van der Waals surface area contributed by atoms with Gasteiger partial charge < -0.3 is 10.3 Å². The van der Waals surface area contributed by atoms with Gasteiger partial charge in [0.2, 0.25) is 5.91 Å². The highest BCUT2D eigenvalue weighted by Gasteiger charge is 2.46. The van der Waals surface area contributed by atoms with Crippen molar-refractivity contribution in [3.63, 3.8) is 0 Å². The molecule has 1 amide bonds. The van der Waals surface area contributed by atoms with E-state index in [1.807, 2.05) is 24.3 Å². The third kappa shape index (κ3) is 4.46. The lowest BCUT2D eigenvalue weighted by Gasteiger charge is -2.17. The van der Waals surface area contributed by atoms with Crippen molar-refractivity contribution in [1.29, 1.82) is 0 Å². The highest BCUT2D eigenvalue weighted by atomic mass is 35.5. The molecule has 33 heavy (non-hydrogen) atoms. The summed E-state index contributed by atoms with van der Waals surface area (Å²) in [4.78, 5) is 20.6. The van der Waals surface area contributed by atoms with E-state index in [-0.39, 0.29) is 12.3 Å². The van der Waals surface area contributed by atoms with Crippen LogP contribution in [0.5, 0.6) is 0 Å². The summed E-state index contributed by atoms with van der Waals surface area (Å²) in [5.74, 6) is 0.479. The summed E-state index contributed by atoms with van der Waals surface area (Å²) in [6, 6.07) is 17.9. The first kappa shape index (κ1) is 21.5. The summed E-state index contributed by atoms with van der Waals surface area (Å²) >= 11 is 6.04. The number of amides is 1. The number of nitrogens with one attached hydrogen (secondary N) is 2. The Bertz CT molecular complexity index is 1340. The average molecular weight is 470 g/mol. The van der Waals surface area contributed by atoms with E-state index in [1.165, 1.54) is 12.1 Å². The number of anilines is 1. The van der Waals surface area contributed by atoms with Crippen LogP contribution in [0.25, 0.3) is 22.4 Å². The van der Waals surface area contributed by atoms with Gasteiger partial charge in [0.15, 0.2) is 0 Å². The highest BCUT2D eigenvalue weighted by molar-refractivity contribution is 6.31. The van der Waals surface area contributed by atoms with Crippen molar-refractivity contribution in [3.05, 3.63) is 82.9 Å². The van der Waals surface area contributed by atoms with Gasteiger partial charge in [-0.3, -0.25) is 4.79 Å². The lowest BCUT2D eigenvalue weighted by molar-refractivity contribution is -0.137. The Morgan fingerprint density at radius 2 is 1.82 bits per heavy atom. The number of carbonyl (C=O) groups is 1. The SMILES string of the molecule is O=C(CC1(c2ccc(C(F)(F)F)cc2)CC1)Nc1cccc(-c2nc3ccc(Cl)cc3[nH]2)c1. The summed E-state index contributed by atoms with van der Waals surface area (Å²) in [5.41, 5.74) is 2.72. The predicted octanol–water partition coefficient (Wildman–Crippen LogP) is 6.96. The molecule has 4 aromatic rings. The monoisotopic (exact) mass is 469 g/mol. The van der Waals surface area contributed by atoms with Crippen molar-refractivity contribution in [2.24, 2.45) is 0 Å². The number of benzene rings is 3. The van der Waals surface area contributed by atoms with Crippen LogP contribution in [0.15, 0.2) is 66.7 Å². The molecule has 168 valence electrons. The van der Waals surface area contributed by atoms with Crippen LogP contribution in [0.3, 0.4) is 0 Å². The Balaban J connectivity index is 1.30. The fourth-order valence-corrected chi connectivity index (χ4v) is 4.28. The normalized spacial score (nSPS) is 14.9. The molecule has 5 rings (SSSR count). The molecule has 0 spiro atoms. The van der Waals surface area contributed by atoms with E-state index in [2.05, 4.69) is 15.3 Å². The summed E-state index contributed by atoms with van der Waals surface area (Å²) in [6.45, 7) is 0. The zero-order valence-electron chi connectivity index (χ0n) is 17.3. The first-order valence-corrected chi connectivity index (χ1v) is 10.8. The van der Waals surface area contributed by atoms with Crippen LogP contribution < -0.4 is 5.32 Å². The smallest absolute Gasteiger partial charge is 0.338 e. The van der Waals surface area contributed by atoms with Gasteiger partial charge in [-0.15, -0.1) is 0 Å². The molecule has 0 aliphatic heterocycles. The van der Waals surface area contributed by atoms with Crippen molar-refractivity contribution in [2.45, 2.75) is 30.9 Å². The van der Waals surface area contributed by atoms with E-state index in [0.717, 1.165) is 47.1 Å². The second kappa shape index (κ2) is 7.92. The quantitative estimate of drug-likeness (QED) is 0.332. The van der Waals surface area contributed by atoms with Crippen molar-refractivity contribution in [3.8, 4) is 11.4 Å². The van der Waals surface area contributed by atoms with Gasteiger partial charge in [0, 0.05) is 28.1 Å². The fourth-order valence-electron chi connectivity index (χ4n) is 4.11. The van der Waals surface area contributed by atoms with Gasteiger partial charge >= 0.3 is 6.18 Å². The number of hydrogen-bond acceptors (Lipinski definition) is 2. The van der Waals surface area contributed by atoms with Gasteiger partial charge in [0.1, 0.15) is 5.82 Å². The Labute approximate surface area is 192 Å². The molecule has 8 heteroatoms. The average Bonchev–Trinajstić information content (AvgIpc) is 3.42. The van der Waals surface area contributed by atoms with Crippen molar-refractivity contribution >= 4 is 34.2 Å². The number of carbonyl (C=O) groups excluding carboxylic acids is 1. The van der Waals surface area contributed by atoms with Gasteiger partial charge in [-0.25, -0.2) is 4.98 Å². The highest BCUT2D eigenvalue weighted by Crippen LogP contribution is 2.51. The molecule has 0 bridgehead atoms. The number of aromatic nitrogens is 2. The molecule has 2 N–H and O–H groups in total. The molecule has 1 aliphatic carbocycles. The Morgan fingerprint density at radius 1 is 1.06 bits per heavy atom. The second-order valence-electron chi connectivity index (χ2n) is 8.41. The zero-order valence-corrected chi connectivity index (χ0v) is 18.1. The van der Waals surface area contributed by atoms with Crippen LogP contribution in [-0.2, 0) is 16.4 Å². The molecular weight excluding hydrogens is 451 g/mol. The van der Waals surface area contributed by atoms with Crippen LogP contribution in [0, 0.1) is 0 Å². The molecule has 0 radical (unpaired) electrons. The number of halogens is 4. The van der Waals surface area contributed by atoms with Crippen molar-refractivity contribution < 1.29 is 18.0 Å². The molecule has 1 fully saturated rings. The minimum absolute atomic E-state index is 0.180. The van der Waals surface area contributed by atoms with E-state index in [4.69, 9.17) is 11.6 Å². The number of nitrogens with zero attached hydrogens (tertiary/aromatic N) is 1. The number of alkyl halides is 3. The maximum absolute atomic E-state index is 12.8. The van der Waals surface area contributed by atoms with Crippen LogP contribution >= 0.6 is 11.6 Å². The van der Waals surface area contributed by atoms with Crippen molar-refractivity contribution in [1.82, 2.24) is 9.97 Å². The largest absolute Gasteiger partial charge is 0.416 e. The second-order valence-corrected chi connectivity index (χ2v) is 8.84. The first-order valence-electron chi connectivity index (χ1n) is 10.5. The molecule has 0 atom stereocenters. The van der Waals surface area contributed by atoms with Gasteiger partial charge in [0.25, 0.3) is 0 Å². The third-order valence-electron chi connectivity index (χ3n) is 6.04. The molecule has 1 aromatic heterocycles. The van der Waals surface area contributed by atoms with Crippen LogP contribution in [0.2, 0.25) is 5.02 Å². The summed E-state index contributed by atoms with van der Waals surface area (Å²) in [7, 11) is 0. The number of fused-ring (bicyclic) bond motifs is 1. The number of imidazole rings is 1. The fraction of sp³-hybridized carbons (Fsp3) is 0.200. The molecule has 1 heterocycles. The van der Waals surface area contributed by atoms with Gasteiger partial charge in [0.05, 0.1) is 16.6 Å². The van der Waals surface area contributed by atoms with Gasteiger partial charge in [-0.2, -0.15) is 13.2 Å². The molecule has 0 unspecified atom stereocenters. The van der Waals surface area contributed by atoms with Crippen LogP contribution in [-0.4, -0.2) is 15.9 Å². The van der Waals surface area contributed by atoms with E-state index < -0.39 is 17.2 Å². The maximum atomic E-state index is 12.8. The number of aromatic amines is 1. The van der Waals surface area contributed by atoms with Crippen LogP contribution in [0.1, 0.15) is 30.4 Å². The Hall–Kier alpha value is -3.32. The number of hydrogen-bond donors (Lipinski definition) is 2. The topological polar surface area (TPSA) is 57.8 Å². The molecule has 4 nitrogen and oxygen atoms in total. The summed E-state index contributed by atoms with van der Waals surface area (Å²) in [5, 5.41) is 3.53. The summed E-state index contributed by atoms with van der Waals surface area (Å²) in [6.07, 6.45) is -2.61. The van der Waals surface area contributed by atoms with Crippen LogP contribution in [0.4, 0.5) is 18.9 Å². The molecule has 0 saturated heterocycles. The molecule has 1 saturated carbocycles. The number of rotatable bonds is 5. The maximum Gasteiger partial charge on any atom is 0.416 e. The van der Waals surface area contributed by atoms with E-state index >= 15 is 0 Å². The molecule has 1 aliphatic rings. The van der Waals surface area contributed by atoms with E-state index in [9.17, 15) is 18.0 Å². The van der Waals surface area contributed by atoms with E-state index in [1.54, 1.807) is 18.2 Å². The summed E-state index contributed by atoms with van der Waals surface area (Å²) < 4.78 is 38.5. The standard InChI is InChI=1S/C25H19ClF3N3O/c26-18-8-9-20-21(13-18)32-23(31-20)15-2-1-3-19(12-15)30-22(33)14-24(10-11-24)16-4-6-17(7-5-16)25(27,28)29/h1-9,12-13H,10-11,14H2,(H,30,33)(H,31,32). The lowest BCUT2D eigenvalue weighted by Crippen LogP contribution is -2.20. The molecule has 3 aromatic carbocycles. The minimum atomic E-state index is -4.37. The Morgan fingerprint density at radius 3 is 2.52 bits per heavy atom. The molecular formula is C25H19ClF3N3O. The Kier molecular flexibility index (Phi) is 5.16. The van der Waals surface area contributed by atoms with Gasteiger partial charge in [-0.05, 0) is 60.9 Å². The zero-order chi connectivity index (χ0) is 23.2.